The summed E-state index contributed by atoms with van der Waals surface area (Å²) in [6.45, 7) is 2.61. The van der Waals surface area contributed by atoms with Crippen molar-refractivity contribution >= 4 is 0 Å². The van der Waals surface area contributed by atoms with Crippen LogP contribution in [0.15, 0.2) is 24.3 Å². The molecule has 0 saturated carbocycles. The van der Waals surface area contributed by atoms with Crippen LogP contribution in [0.2, 0.25) is 0 Å². The highest BCUT2D eigenvalue weighted by atomic mass is 19.1. The number of rotatable bonds is 3. The summed E-state index contributed by atoms with van der Waals surface area (Å²) < 4.78 is 13.5. The van der Waals surface area contributed by atoms with Crippen molar-refractivity contribution in [3.8, 4) is 0 Å². The van der Waals surface area contributed by atoms with Crippen molar-refractivity contribution in [2.24, 2.45) is 0 Å². The zero-order valence-corrected chi connectivity index (χ0v) is 10.9. The van der Waals surface area contributed by atoms with E-state index in [1.165, 1.54) is 6.07 Å². The molecule has 0 aliphatic carbocycles. The molecule has 0 spiro atoms. The van der Waals surface area contributed by atoms with E-state index in [4.69, 9.17) is 0 Å². The second-order valence-electron chi connectivity index (χ2n) is 5.13. The van der Waals surface area contributed by atoms with Gasteiger partial charge in [-0.3, -0.25) is 4.90 Å². The molecule has 1 saturated heterocycles. The van der Waals surface area contributed by atoms with Crippen molar-refractivity contribution in [2.45, 2.75) is 37.7 Å². The lowest BCUT2D eigenvalue weighted by Gasteiger charge is -2.42. The Bertz CT molecular complexity index is 429. The van der Waals surface area contributed by atoms with Gasteiger partial charge in [-0.1, -0.05) is 18.2 Å². The number of nitrogens with zero attached hydrogens (tertiary/aromatic N) is 1. The Morgan fingerprint density at radius 1 is 1.21 bits per heavy atom. The summed E-state index contributed by atoms with van der Waals surface area (Å²) in [4.78, 5) is 1.87. The number of hydrogen-bond donors (Lipinski definition) is 3. The highest BCUT2D eigenvalue weighted by Gasteiger charge is 2.38. The number of aliphatic hydroxyl groups excluding tert-OH is 3. The summed E-state index contributed by atoms with van der Waals surface area (Å²) in [5, 5.41) is 29.1. The third-order valence-electron chi connectivity index (χ3n) is 3.86. The van der Waals surface area contributed by atoms with Crippen LogP contribution in [-0.2, 0) is 6.42 Å². The molecule has 4 atom stereocenters. The Morgan fingerprint density at radius 3 is 2.58 bits per heavy atom. The third-order valence-corrected chi connectivity index (χ3v) is 3.86. The Hall–Kier alpha value is -1.01. The molecule has 1 aromatic carbocycles. The van der Waals surface area contributed by atoms with Gasteiger partial charge in [0.05, 0.1) is 12.2 Å². The molecule has 1 aliphatic rings. The minimum atomic E-state index is -1.11. The summed E-state index contributed by atoms with van der Waals surface area (Å²) in [6.07, 6.45) is -2.55. The number of β-amino-alcohol motifs (C(OH)–C–C–N with tert-alkyl or cyclic N) is 1. The van der Waals surface area contributed by atoms with Gasteiger partial charge in [-0.25, -0.2) is 4.39 Å². The number of halogens is 1. The van der Waals surface area contributed by atoms with Crippen LogP contribution in [0.5, 0.6) is 0 Å². The topological polar surface area (TPSA) is 63.9 Å². The highest BCUT2D eigenvalue weighted by Crippen LogP contribution is 2.19. The largest absolute Gasteiger partial charge is 0.389 e. The van der Waals surface area contributed by atoms with E-state index >= 15 is 0 Å². The number of aliphatic hydroxyl groups is 3. The lowest BCUT2D eigenvalue weighted by Crippen LogP contribution is -2.60. The summed E-state index contributed by atoms with van der Waals surface area (Å²) in [6, 6.07) is 6.32. The van der Waals surface area contributed by atoms with Gasteiger partial charge in [0.15, 0.2) is 0 Å². The van der Waals surface area contributed by atoms with E-state index in [1.54, 1.807) is 25.1 Å². The molecule has 1 aromatic rings. The zero-order chi connectivity index (χ0) is 14.0. The molecule has 0 bridgehead atoms. The first-order valence-electron chi connectivity index (χ1n) is 6.52. The molecule has 106 valence electrons. The minimum Gasteiger partial charge on any atom is -0.389 e. The maximum absolute atomic E-state index is 13.5. The number of likely N-dealkylation sites (tertiary alicyclic amines) is 1. The van der Waals surface area contributed by atoms with Gasteiger partial charge in [0.1, 0.15) is 11.9 Å². The second-order valence-corrected chi connectivity index (χ2v) is 5.13. The van der Waals surface area contributed by atoms with Crippen LogP contribution in [0.3, 0.4) is 0 Å². The van der Waals surface area contributed by atoms with Gasteiger partial charge in [-0.2, -0.15) is 0 Å². The van der Waals surface area contributed by atoms with Gasteiger partial charge in [0.25, 0.3) is 0 Å². The summed E-state index contributed by atoms with van der Waals surface area (Å²) in [5.41, 5.74) is 0.616. The number of benzene rings is 1. The summed E-state index contributed by atoms with van der Waals surface area (Å²) in [7, 11) is 0. The van der Waals surface area contributed by atoms with Crippen LogP contribution in [0.25, 0.3) is 0 Å². The van der Waals surface area contributed by atoms with Crippen molar-refractivity contribution in [3.05, 3.63) is 35.6 Å². The van der Waals surface area contributed by atoms with Crippen LogP contribution in [-0.4, -0.2) is 57.7 Å². The van der Waals surface area contributed by atoms with E-state index in [-0.39, 0.29) is 18.4 Å². The average Bonchev–Trinajstić information content (AvgIpc) is 2.40. The number of piperidine rings is 1. The van der Waals surface area contributed by atoms with E-state index in [2.05, 4.69) is 0 Å². The Balaban J connectivity index is 1.98. The summed E-state index contributed by atoms with van der Waals surface area (Å²) in [5.74, 6) is -0.242. The SMILES string of the molecule is C[C@@H]1[C@@H](O)[C@H](O)[C@@H](O)CN1CCc1ccccc1F. The highest BCUT2D eigenvalue weighted by molar-refractivity contribution is 5.17. The van der Waals surface area contributed by atoms with Crippen molar-refractivity contribution in [3.63, 3.8) is 0 Å². The molecule has 1 aliphatic heterocycles. The minimum absolute atomic E-state index is 0.242. The van der Waals surface area contributed by atoms with Gasteiger partial charge < -0.3 is 15.3 Å². The average molecular weight is 269 g/mol. The van der Waals surface area contributed by atoms with Crippen molar-refractivity contribution in [2.75, 3.05) is 13.1 Å². The predicted molar refractivity (Wildman–Crippen MR) is 69.2 cm³/mol. The van der Waals surface area contributed by atoms with E-state index in [9.17, 15) is 19.7 Å². The molecule has 0 amide bonds. The molecule has 1 fully saturated rings. The zero-order valence-electron chi connectivity index (χ0n) is 10.9. The molecule has 5 heteroatoms. The van der Waals surface area contributed by atoms with Crippen molar-refractivity contribution < 1.29 is 19.7 Å². The second kappa shape index (κ2) is 5.96. The fraction of sp³-hybridized carbons (Fsp3) is 0.571. The molecule has 0 radical (unpaired) electrons. The quantitative estimate of drug-likeness (QED) is 0.731. The molecule has 2 rings (SSSR count). The van der Waals surface area contributed by atoms with Gasteiger partial charge in [-0.05, 0) is 25.0 Å². The first-order valence-corrected chi connectivity index (χ1v) is 6.52. The van der Waals surface area contributed by atoms with Crippen LogP contribution >= 0.6 is 0 Å². The van der Waals surface area contributed by atoms with E-state index < -0.39 is 18.3 Å². The van der Waals surface area contributed by atoms with Gasteiger partial charge in [0, 0.05) is 19.1 Å². The maximum atomic E-state index is 13.5. The molecule has 0 unspecified atom stereocenters. The molecule has 19 heavy (non-hydrogen) atoms. The standard InChI is InChI=1S/C14H20FNO3/c1-9-13(18)14(19)12(17)8-16(9)7-6-10-4-2-3-5-11(10)15/h2-5,9,12-14,17-19H,6-8H2,1H3/t9-,12+,13-,14-/m1/s1. The van der Waals surface area contributed by atoms with E-state index in [0.717, 1.165) is 0 Å². The lowest BCUT2D eigenvalue weighted by atomic mass is 9.94. The van der Waals surface area contributed by atoms with E-state index in [1.807, 2.05) is 4.90 Å². The van der Waals surface area contributed by atoms with Crippen LogP contribution in [0, 0.1) is 5.82 Å². The Morgan fingerprint density at radius 2 is 1.89 bits per heavy atom. The Kier molecular flexibility index (Phi) is 4.52. The fourth-order valence-corrected chi connectivity index (χ4v) is 2.50. The first kappa shape index (κ1) is 14.4. The Labute approximate surface area is 112 Å². The maximum Gasteiger partial charge on any atom is 0.126 e. The first-order chi connectivity index (χ1) is 9.00. The van der Waals surface area contributed by atoms with Crippen LogP contribution in [0.4, 0.5) is 4.39 Å². The van der Waals surface area contributed by atoms with Crippen molar-refractivity contribution in [1.82, 2.24) is 4.90 Å². The van der Waals surface area contributed by atoms with Crippen molar-refractivity contribution in [1.29, 1.82) is 0 Å². The molecule has 0 aromatic heterocycles. The normalized spacial score (nSPS) is 32.5. The van der Waals surface area contributed by atoms with Crippen LogP contribution < -0.4 is 0 Å². The van der Waals surface area contributed by atoms with E-state index in [0.29, 0.717) is 18.5 Å². The smallest absolute Gasteiger partial charge is 0.126 e. The molecule has 4 nitrogen and oxygen atoms in total. The fourth-order valence-electron chi connectivity index (χ4n) is 2.50. The van der Waals surface area contributed by atoms with Gasteiger partial charge in [-0.15, -0.1) is 0 Å². The van der Waals surface area contributed by atoms with Gasteiger partial charge >= 0.3 is 0 Å². The lowest BCUT2D eigenvalue weighted by molar-refractivity contribution is -0.132. The molecule has 1 heterocycles. The van der Waals surface area contributed by atoms with Gasteiger partial charge in [0.2, 0.25) is 0 Å². The molecule has 3 N–H and O–H groups in total. The van der Waals surface area contributed by atoms with Crippen LogP contribution in [0.1, 0.15) is 12.5 Å². The third kappa shape index (κ3) is 3.12. The number of hydrogen-bond acceptors (Lipinski definition) is 4. The molecular weight excluding hydrogens is 249 g/mol. The summed E-state index contributed by atoms with van der Waals surface area (Å²) >= 11 is 0. The predicted octanol–water partition coefficient (Wildman–Crippen LogP) is 0.155. The molecular formula is C14H20FNO3. The monoisotopic (exact) mass is 269 g/mol.